The lowest BCUT2D eigenvalue weighted by molar-refractivity contribution is 0.244. The van der Waals surface area contributed by atoms with Crippen LogP contribution < -0.4 is 9.64 Å². The van der Waals surface area contributed by atoms with E-state index >= 15 is 0 Å². The van der Waals surface area contributed by atoms with Crippen LogP contribution in [0.3, 0.4) is 0 Å². The van der Waals surface area contributed by atoms with Gasteiger partial charge in [-0.05, 0) is 18.2 Å². The van der Waals surface area contributed by atoms with Gasteiger partial charge in [0.2, 0.25) is 0 Å². The highest BCUT2D eigenvalue weighted by Gasteiger charge is 2.18. The molecule has 1 heterocycles. The Kier molecular flexibility index (Phi) is 5.33. The summed E-state index contributed by atoms with van der Waals surface area (Å²) >= 11 is 0. The molecule has 1 saturated heterocycles. The minimum absolute atomic E-state index is 0.554. The lowest BCUT2D eigenvalue weighted by Crippen LogP contribution is -2.46. The Labute approximate surface area is 138 Å². The molecule has 2 aromatic rings. The molecule has 3 heteroatoms. The summed E-state index contributed by atoms with van der Waals surface area (Å²) < 4.78 is 5.76. The second-order valence-electron chi connectivity index (χ2n) is 5.81. The van der Waals surface area contributed by atoms with E-state index in [1.807, 2.05) is 12.1 Å². The smallest absolute Gasteiger partial charge is 0.124 e. The fourth-order valence-corrected chi connectivity index (χ4v) is 2.97. The molecule has 3 rings (SSSR count). The molecule has 3 nitrogen and oxygen atoms in total. The summed E-state index contributed by atoms with van der Waals surface area (Å²) in [6, 6.07) is 19.0. The fourth-order valence-electron chi connectivity index (χ4n) is 2.97. The molecule has 2 aromatic carbocycles. The van der Waals surface area contributed by atoms with Crippen LogP contribution in [0.1, 0.15) is 5.56 Å². The number of piperazine rings is 1. The van der Waals surface area contributed by atoms with E-state index in [2.05, 4.69) is 58.8 Å². The van der Waals surface area contributed by atoms with E-state index in [9.17, 15) is 0 Å². The molecule has 0 spiro atoms. The minimum Gasteiger partial charge on any atom is -0.489 e. The molecule has 0 bridgehead atoms. The van der Waals surface area contributed by atoms with E-state index in [0.717, 1.165) is 38.5 Å². The van der Waals surface area contributed by atoms with Crippen molar-refractivity contribution in [2.45, 2.75) is 6.54 Å². The molecule has 23 heavy (non-hydrogen) atoms. The van der Waals surface area contributed by atoms with Gasteiger partial charge in [-0.25, -0.2) is 0 Å². The third kappa shape index (κ3) is 4.14. The van der Waals surface area contributed by atoms with Gasteiger partial charge >= 0.3 is 0 Å². The molecular formula is C20H24N2O. The average molecular weight is 308 g/mol. The van der Waals surface area contributed by atoms with Crippen LogP contribution in [0.2, 0.25) is 0 Å². The molecule has 0 N–H and O–H groups in total. The van der Waals surface area contributed by atoms with Gasteiger partial charge in [-0.15, -0.1) is 0 Å². The molecule has 0 atom stereocenters. The van der Waals surface area contributed by atoms with Crippen LogP contribution in [0.25, 0.3) is 0 Å². The van der Waals surface area contributed by atoms with Crippen LogP contribution >= 0.6 is 0 Å². The Morgan fingerprint density at radius 3 is 2.35 bits per heavy atom. The van der Waals surface area contributed by atoms with E-state index in [1.165, 1.54) is 11.3 Å². The number of benzene rings is 2. The highest BCUT2D eigenvalue weighted by Crippen LogP contribution is 2.22. The molecule has 0 amide bonds. The van der Waals surface area contributed by atoms with Crippen molar-refractivity contribution in [2.24, 2.45) is 0 Å². The number of nitrogens with zero attached hydrogens (tertiary/aromatic N) is 2. The van der Waals surface area contributed by atoms with Gasteiger partial charge in [0.05, 0.1) is 0 Å². The average Bonchev–Trinajstić information content (AvgIpc) is 2.62. The van der Waals surface area contributed by atoms with Gasteiger partial charge in [0.25, 0.3) is 0 Å². The molecule has 1 aliphatic heterocycles. The number of rotatable bonds is 6. The van der Waals surface area contributed by atoms with Gasteiger partial charge < -0.3 is 9.64 Å². The summed E-state index contributed by atoms with van der Waals surface area (Å²) in [5.41, 5.74) is 2.57. The van der Waals surface area contributed by atoms with E-state index in [-0.39, 0.29) is 0 Å². The predicted molar refractivity (Wildman–Crippen MR) is 96.1 cm³/mol. The zero-order valence-electron chi connectivity index (χ0n) is 13.5. The second-order valence-corrected chi connectivity index (χ2v) is 5.81. The molecule has 0 aliphatic carbocycles. The molecule has 0 aromatic heterocycles. The lowest BCUT2D eigenvalue weighted by atomic mass is 10.1. The summed E-state index contributed by atoms with van der Waals surface area (Å²) in [4.78, 5) is 4.95. The highest BCUT2D eigenvalue weighted by atomic mass is 16.5. The van der Waals surface area contributed by atoms with Crippen molar-refractivity contribution in [1.29, 1.82) is 0 Å². The SMILES string of the molecule is C=CCOc1ccccc1CN1CCN(c2ccccc2)CC1. The van der Waals surface area contributed by atoms with Crippen LogP contribution in [-0.4, -0.2) is 37.7 Å². The maximum Gasteiger partial charge on any atom is 0.124 e. The van der Waals surface area contributed by atoms with Crippen molar-refractivity contribution < 1.29 is 4.74 Å². The lowest BCUT2D eigenvalue weighted by Gasteiger charge is -2.36. The van der Waals surface area contributed by atoms with Crippen molar-refractivity contribution in [3.05, 3.63) is 72.8 Å². The summed E-state index contributed by atoms with van der Waals surface area (Å²) in [5.74, 6) is 0.970. The number of para-hydroxylation sites is 2. The largest absolute Gasteiger partial charge is 0.489 e. The first-order valence-electron chi connectivity index (χ1n) is 8.21. The normalized spacial score (nSPS) is 15.4. The van der Waals surface area contributed by atoms with E-state index in [1.54, 1.807) is 6.08 Å². The quantitative estimate of drug-likeness (QED) is 0.759. The number of ether oxygens (including phenoxy) is 1. The topological polar surface area (TPSA) is 15.7 Å². The second kappa shape index (κ2) is 7.84. The van der Waals surface area contributed by atoms with E-state index in [0.29, 0.717) is 6.61 Å². The van der Waals surface area contributed by atoms with E-state index in [4.69, 9.17) is 4.74 Å². The molecule has 0 saturated carbocycles. The Hall–Kier alpha value is -2.26. The minimum atomic E-state index is 0.554. The van der Waals surface area contributed by atoms with Crippen molar-refractivity contribution >= 4 is 5.69 Å². The van der Waals surface area contributed by atoms with Crippen LogP contribution in [0.15, 0.2) is 67.3 Å². The summed E-state index contributed by atoms with van der Waals surface area (Å²) in [6.07, 6.45) is 1.79. The van der Waals surface area contributed by atoms with Crippen LogP contribution in [0.5, 0.6) is 5.75 Å². The third-order valence-corrected chi connectivity index (χ3v) is 4.22. The Bertz CT molecular complexity index is 619. The summed E-state index contributed by atoms with van der Waals surface area (Å²) in [6.45, 7) is 9.50. The van der Waals surface area contributed by atoms with Crippen LogP contribution in [-0.2, 0) is 6.54 Å². The molecule has 1 fully saturated rings. The number of hydrogen-bond donors (Lipinski definition) is 0. The highest BCUT2D eigenvalue weighted by molar-refractivity contribution is 5.46. The number of anilines is 1. The third-order valence-electron chi connectivity index (χ3n) is 4.22. The molecule has 0 radical (unpaired) electrons. The van der Waals surface area contributed by atoms with Crippen LogP contribution in [0.4, 0.5) is 5.69 Å². The summed E-state index contributed by atoms with van der Waals surface area (Å²) in [5, 5.41) is 0. The zero-order valence-corrected chi connectivity index (χ0v) is 13.5. The zero-order chi connectivity index (χ0) is 15.9. The van der Waals surface area contributed by atoms with Gasteiger partial charge in [0.15, 0.2) is 0 Å². The molecular weight excluding hydrogens is 284 g/mol. The van der Waals surface area contributed by atoms with Gasteiger partial charge in [-0.2, -0.15) is 0 Å². The standard InChI is InChI=1S/C20H24N2O/c1-2-16-23-20-11-7-6-8-18(20)17-21-12-14-22(15-13-21)19-9-4-3-5-10-19/h2-11H,1,12-17H2. The monoisotopic (exact) mass is 308 g/mol. The number of hydrogen-bond acceptors (Lipinski definition) is 3. The molecule has 1 aliphatic rings. The van der Waals surface area contributed by atoms with Gasteiger partial charge in [0.1, 0.15) is 12.4 Å². The Balaban J connectivity index is 1.58. The first-order valence-corrected chi connectivity index (χ1v) is 8.21. The maximum atomic E-state index is 5.76. The van der Waals surface area contributed by atoms with E-state index < -0.39 is 0 Å². The molecule has 120 valence electrons. The fraction of sp³-hybridized carbons (Fsp3) is 0.300. The van der Waals surface area contributed by atoms with Crippen molar-refractivity contribution in [3.63, 3.8) is 0 Å². The van der Waals surface area contributed by atoms with Gasteiger partial charge in [0, 0.05) is 44.0 Å². The first-order chi connectivity index (χ1) is 11.4. The van der Waals surface area contributed by atoms with Crippen molar-refractivity contribution in [1.82, 2.24) is 4.90 Å². The Morgan fingerprint density at radius 1 is 0.913 bits per heavy atom. The maximum absolute atomic E-state index is 5.76. The van der Waals surface area contributed by atoms with Gasteiger partial charge in [-0.3, -0.25) is 4.90 Å². The first kappa shape index (κ1) is 15.6. The Morgan fingerprint density at radius 2 is 1.61 bits per heavy atom. The predicted octanol–water partition coefficient (Wildman–Crippen LogP) is 3.57. The van der Waals surface area contributed by atoms with Crippen molar-refractivity contribution in [3.8, 4) is 5.75 Å². The van der Waals surface area contributed by atoms with Gasteiger partial charge in [-0.1, -0.05) is 49.1 Å². The van der Waals surface area contributed by atoms with Crippen molar-refractivity contribution in [2.75, 3.05) is 37.7 Å². The summed E-state index contributed by atoms with van der Waals surface area (Å²) in [7, 11) is 0. The molecule has 0 unspecified atom stereocenters. The van der Waals surface area contributed by atoms with Crippen LogP contribution in [0, 0.1) is 0 Å².